The molecule has 1 rings (SSSR count). The summed E-state index contributed by atoms with van der Waals surface area (Å²) in [6.07, 6.45) is 4.79. The van der Waals surface area contributed by atoms with Crippen molar-refractivity contribution in [2.75, 3.05) is 0 Å². The average Bonchev–Trinajstić information content (AvgIpc) is 2.07. The summed E-state index contributed by atoms with van der Waals surface area (Å²) in [5.41, 5.74) is 4.90. The molecule has 0 aromatic carbocycles. The van der Waals surface area contributed by atoms with Crippen LogP contribution in [0.5, 0.6) is 0 Å². The molecule has 1 amide bonds. The van der Waals surface area contributed by atoms with Crippen molar-refractivity contribution < 1.29 is 19.4 Å². The zero-order valence-electron chi connectivity index (χ0n) is 8.39. The van der Waals surface area contributed by atoms with Gasteiger partial charge in [-0.1, -0.05) is 6.08 Å². The van der Waals surface area contributed by atoms with Gasteiger partial charge in [0.25, 0.3) is 0 Å². The lowest BCUT2D eigenvalue weighted by Crippen LogP contribution is -2.23. The summed E-state index contributed by atoms with van der Waals surface area (Å²) in [6.45, 7) is 0. The molecule has 1 aliphatic rings. The number of carbonyl (C=O) groups is 2. The monoisotopic (exact) mass is 213 g/mol. The summed E-state index contributed by atoms with van der Waals surface area (Å²) in [7, 11) is 0. The second kappa shape index (κ2) is 5.38. The number of primary amides is 1. The summed E-state index contributed by atoms with van der Waals surface area (Å²) in [4.78, 5) is 21.2. The fourth-order valence-electron chi connectivity index (χ4n) is 1.65. The van der Waals surface area contributed by atoms with Crippen LogP contribution in [0, 0.1) is 5.92 Å². The van der Waals surface area contributed by atoms with Gasteiger partial charge in [0.2, 0.25) is 0 Å². The Morgan fingerprint density at radius 3 is 2.73 bits per heavy atom. The maximum absolute atomic E-state index is 10.7. The van der Waals surface area contributed by atoms with Gasteiger partial charge in [0.15, 0.2) is 0 Å². The lowest BCUT2D eigenvalue weighted by molar-refractivity contribution is -0.142. The Bertz CT molecular complexity index is 275. The largest absolute Gasteiger partial charge is 0.481 e. The first-order chi connectivity index (χ1) is 7.09. The summed E-state index contributed by atoms with van der Waals surface area (Å²) < 4.78 is 4.83. The number of hydrogen-bond acceptors (Lipinski definition) is 3. The third kappa shape index (κ3) is 4.01. The lowest BCUT2D eigenvalue weighted by Gasteiger charge is -2.17. The highest BCUT2D eigenvalue weighted by Crippen LogP contribution is 2.19. The molecule has 0 bridgehead atoms. The van der Waals surface area contributed by atoms with Gasteiger partial charge >= 0.3 is 12.1 Å². The molecule has 15 heavy (non-hydrogen) atoms. The van der Waals surface area contributed by atoms with Crippen molar-refractivity contribution in [1.29, 1.82) is 0 Å². The molecule has 0 fully saturated rings. The quantitative estimate of drug-likeness (QED) is 0.676. The number of rotatable bonds is 2. The molecule has 0 radical (unpaired) electrons. The number of aliphatic carboxylic acids is 1. The number of nitrogens with two attached hydrogens (primary N) is 1. The number of ether oxygens (including phenoxy) is 1. The molecular weight excluding hydrogens is 198 g/mol. The Morgan fingerprint density at radius 2 is 2.13 bits per heavy atom. The number of carboxylic acids is 1. The highest BCUT2D eigenvalue weighted by atomic mass is 16.6. The van der Waals surface area contributed by atoms with Crippen molar-refractivity contribution in [2.45, 2.75) is 31.8 Å². The number of carbonyl (C=O) groups excluding carboxylic acids is 1. The average molecular weight is 213 g/mol. The van der Waals surface area contributed by atoms with Crippen molar-refractivity contribution in [3.8, 4) is 0 Å². The van der Waals surface area contributed by atoms with Crippen LogP contribution in [0.1, 0.15) is 25.7 Å². The molecule has 2 unspecified atom stereocenters. The second-order valence-corrected chi connectivity index (χ2v) is 3.61. The second-order valence-electron chi connectivity index (χ2n) is 3.61. The van der Waals surface area contributed by atoms with Gasteiger partial charge in [0.1, 0.15) is 6.10 Å². The third-order valence-electron chi connectivity index (χ3n) is 2.43. The zero-order valence-corrected chi connectivity index (χ0v) is 8.39. The molecule has 0 saturated carbocycles. The Morgan fingerprint density at radius 1 is 1.40 bits per heavy atom. The fraction of sp³-hybridized carbons (Fsp3) is 0.600. The van der Waals surface area contributed by atoms with E-state index in [2.05, 4.69) is 0 Å². The molecule has 0 saturated heterocycles. The summed E-state index contributed by atoms with van der Waals surface area (Å²) in [5, 5.41) is 8.83. The summed E-state index contributed by atoms with van der Waals surface area (Å²) in [5.74, 6) is -1.09. The van der Waals surface area contributed by atoms with E-state index in [0.29, 0.717) is 19.3 Å². The molecule has 1 aliphatic carbocycles. The molecule has 5 nitrogen and oxygen atoms in total. The minimum absolute atomic E-state index is 0.308. The van der Waals surface area contributed by atoms with Gasteiger partial charge < -0.3 is 15.6 Å². The maximum atomic E-state index is 10.7. The first-order valence-corrected chi connectivity index (χ1v) is 4.95. The number of allylic oxidation sites excluding steroid dienone is 1. The van der Waals surface area contributed by atoms with Crippen molar-refractivity contribution in [3.05, 3.63) is 12.2 Å². The van der Waals surface area contributed by atoms with Gasteiger partial charge in [-0.15, -0.1) is 0 Å². The normalized spacial score (nSPS) is 26.4. The standard InChI is InChI=1S/C10H15NO4/c11-10(14)15-8-5-1-3-7(9(12)13)4-2-6-8/h1,5,7-8H,2-4,6H2,(H2,11,14)(H,12,13). The van der Waals surface area contributed by atoms with E-state index in [1.807, 2.05) is 0 Å². The van der Waals surface area contributed by atoms with Crippen LogP contribution < -0.4 is 5.73 Å². The molecule has 0 aromatic rings. The van der Waals surface area contributed by atoms with Crippen LogP contribution in [-0.2, 0) is 9.53 Å². The molecule has 0 heterocycles. The van der Waals surface area contributed by atoms with Crippen LogP contribution in [0.4, 0.5) is 4.79 Å². The first-order valence-electron chi connectivity index (χ1n) is 4.95. The molecule has 0 spiro atoms. The van der Waals surface area contributed by atoms with Crippen LogP contribution in [0.25, 0.3) is 0 Å². The molecule has 0 aliphatic heterocycles. The van der Waals surface area contributed by atoms with E-state index in [-0.39, 0.29) is 12.0 Å². The van der Waals surface area contributed by atoms with E-state index in [0.717, 1.165) is 6.42 Å². The highest BCUT2D eigenvalue weighted by Gasteiger charge is 2.19. The number of carboxylic acid groups (broad SMARTS) is 1. The molecule has 2 atom stereocenters. The van der Waals surface area contributed by atoms with Gasteiger partial charge in [0, 0.05) is 0 Å². The predicted molar refractivity (Wildman–Crippen MR) is 53.2 cm³/mol. The van der Waals surface area contributed by atoms with Crippen molar-refractivity contribution in [2.24, 2.45) is 11.7 Å². The Kier molecular flexibility index (Phi) is 4.15. The smallest absolute Gasteiger partial charge is 0.405 e. The van der Waals surface area contributed by atoms with E-state index in [1.54, 1.807) is 12.2 Å². The van der Waals surface area contributed by atoms with Crippen LogP contribution in [0.3, 0.4) is 0 Å². The van der Waals surface area contributed by atoms with Gasteiger partial charge in [-0.25, -0.2) is 4.79 Å². The van der Waals surface area contributed by atoms with Crippen LogP contribution in [0.2, 0.25) is 0 Å². The van der Waals surface area contributed by atoms with Gasteiger partial charge in [-0.2, -0.15) is 0 Å². The first kappa shape index (κ1) is 11.6. The molecular formula is C10H15NO4. The van der Waals surface area contributed by atoms with Crippen LogP contribution in [-0.4, -0.2) is 23.3 Å². The molecule has 5 heteroatoms. The summed E-state index contributed by atoms with van der Waals surface area (Å²) in [6, 6.07) is 0. The van der Waals surface area contributed by atoms with E-state index < -0.39 is 12.1 Å². The van der Waals surface area contributed by atoms with Crippen molar-refractivity contribution in [1.82, 2.24) is 0 Å². The maximum Gasteiger partial charge on any atom is 0.405 e. The highest BCUT2D eigenvalue weighted by molar-refractivity contribution is 5.70. The molecule has 84 valence electrons. The number of hydrogen-bond donors (Lipinski definition) is 2. The third-order valence-corrected chi connectivity index (χ3v) is 2.43. The fourth-order valence-corrected chi connectivity index (χ4v) is 1.65. The Labute approximate surface area is 87.9 Å². The van der Waals surface area contributed by atoms with Gasteiger partial charge in [-0.05, 0) is 31.8 Å². The van der Waals surface area contributed by atoms with E-state index in [4.69, 9.17) is 15.6 Å². The topological polar surface area (TPSA) is 89.6 Å². The van der Waals surface area contributed by atoms with E-state index in [9.17, 15) is 9.59 Å². The predicted octanol–water partition coefficient (Wildman–Crippen LogP) is 1.28. The van der Waals surface area contributed by atoms with Gasteiger partial charge in [-0.3, -0.25) is 4.79 Å². The number of amides is 1. The minimum atomic E-state index is -0.792. The lowest BCUT2D eigenvalue weighted by atomic mass is 9.94. The minimum Gasteiger partial charge on any atom is -0.481 e. The van der Waals surface area contributed by atoms with Crippen molar-refractivity contribution >= 4 is 12.1 Å². The molecule has 3 N–H and O–H groups in total. The zero-order chi connectivity index (χ0) is 11.3. The van der Waals surface area contributed by atoms with E-state index in [1.165, 1.54) is 0 Å². The Balaban J connectivity index is 2.50. The Hall–Kier alpha value is -1.52. The SMILES string of the molecule is NC(=O)OC1C=CCC(C(=O)O)CCC1. The van der Waals surface area contributed by atoms with E-state index >= 15 is 0 Å². The van der Waals surface area contributed by atoms with Crippen molar-refractivity contribution in [3.63, 3.8) is 0 Å². The molecule has 0 aromatic heterocycles. The van der Waals surface area contributed by atoms with Crippen LogP contribution in [0.15, 0.2) is 12.2 Å². The van der Waals surface area contributed by atoms with Crippen LogP contribution >= 0.6 is 0 Å². The van der Waals surface area contributed by atoms with Gasteiger partial charge in [0.05, 0.1) is 5.92 Å². The summed E-state index contributed by atoms with van der Waals surface area (Å²) >= 11 is 0.